The van der Waals surface area contributed by atoms with Gasteiger partial charge in [0.15, 0.2) is 0 Å². The Bertz CT molecular complexity index is 806. The minimum Gasteiger partial charge on any atom is -0.340 e. The van der Waals surface area contributed by atoms with Crippen LogP contribution >= 0.6 is 0 Å². The Kier molecular flexibility index (Phi) is 6.13. The van der Waals surface area contributed by atoms with Crippen LogP contribution in [0.2, 0.25) is 0 Å². The summed E-state index contributed by atoms with van der Waals surface area (Å²) in [6.07, 6.45) is -0.366. The summed E-state index contributed by atoms with van der Waals surface area (Å²) in [5.74, 6) is -2.51. The van der Waals surface area contributed by atoms with Gasteiger partial charge >= 0.3 is 0 Å². The average molecular weight is 373 g/mol. The van der Waals surface area contributed by atoms with Gasteiger partial charge in [-0.05, 0) is 17.7 Å². The molecular formula is C20H21F2N3O2. The molecule has 3 rings (SSSR count). The zero-order valence-corrected chi connectivity index (χ0v) is 14.8. The molecule has 0 atom stereocenters. The van der Waals surface area contributed by atoms with Gasteiger partial charge in [0.2, 0.25) is 11.8 Å². The number of carbonyl (C=O) groups excluding carboxylic acids is 2. The molecule has 27 heavy (non-hydrogen) atoms. The van der Waals surface area contributed by atoms with Gasteiger partial charge in [0.25, 0.3) is 0 Å². The van der Waals surface area contributed by atoms with Gasteiger partial charge in [0, 0.05) is 38.8 Å². The highest BCUT2D eigenvalue weighted by atomic mass is 19.1. The van der Waals surface area contributed by atoms with Crippen molar-refractivity contribution in [3.8, 4) is 0 Å². The van der Waals surface area contributed by atoms with Crippen molar-refractivity contribution in [2.75, 3.05) is 31.5 Å². The Morgan fingerprint density at radius 3 is 2.33 bits per heavy atom. The highest BCUT2D eigenvalue weighted by Crippen LogP contribution is 2.15. The first-order valence-corrected chi connectivity index (χ1v) is 8.80. The smallest absolute Gasteiger partial charge is 0.233 e. The van der Waals surface area contributed by atoms with E-state index < -0.39 is 17.5 Å². The zero-order chi connectivity index (χ0) is 19.2. The van der Waals surface area contributed by atoms with Crippen LogP contribution in [0.3, 0.4) is 0 Å². The third-order valence-electron chi connectivity index (χ3n) is 4.49. The Morgan fingerprint density at radius 2 is 1.67 bits per heavy atom. The number of halogens is 2. The van der Waals surface area contributed by atoms with Crippen LogP contribution < -0.4 is 5.32 Å². The molecule has 7 heteroatoms. The van der Waals surface area contributed by atoms with E-state index in [2.05, 4.69) is 22.3 Å². The average Bonchev–Trinajstić information content (AvgIpc) is 2.65. The van der Waals surface area contributed by atoms with E-state index in [-0.39, 0.29) is 18.0 Å². The van der Waals surface area contributed by atoms with Gasteiger partial charge in [-0.2, -0.15) is 0 Å². The molecule has 0 radical (unpaired) electrons. The number of anilines is 1. The number of hydrogen-bond acceptors (Lipinski definition) is 3. The predicted octanol–water partition coefficient (Wildman–Crippen LogP) is 2.64. The van der Waals surface area contributed by atoms with Crippen molar-refractivity contribution in [1.82, 2.24) is 9.80 Å². The molecule has 2 aromatic carbocycles. The third-order valence-corrected chi connectivity index (χ3v) is 4.49. The second kappa shape index (κ2) is 8.73. The molecule has 0 aliphatic carbocycles. The van der Waals surface area contributed by atoms with E-state index in [0.29, 0.717) is 19.2 Å². The van der Waals surface area contributed by atoms with Crippen molar-refractivity contribution in [2.45, 2.75) is 13.0 Å². The minimum atomic E-state index is -0.870. The number of nitrogens with zero attached hydrogens (tertiary/aromatic N) is 2. The second-order valence-electron chi connectivity index (χ2n) is 6.49. The van der Waals surface area contributed by atoms with E-state index in [9.17, 15) is 18.4 Å². The molecule has 1 N–H and O–H groups in total. The lowest BCUT2D eigenvalue weighted by Crippen LogP contribution is -2.48. The van der Waals surface area contributed by atoms with E-state index in [1.54, 1.807) is 4.90 Å². The van der Waals surface area contributed by atoms with Crippen LogP contribution in [0, 0.1) is 11.6 Å². The summed E-state index contributed by atoms with van der Waals surface area (Å²) < 4.78 is 26.5. The topological polar surface area (TPSA) is 52.7 Å². The van der Waals surface area contributed by atoms with E-state index >= 15 is 0 Å². The van der Waals surface area contributed by atoms with Crippen LogP contribution in [-0.4, -0.2) is 47.8 Å². The van der Waals surface area contributed by atoms with Gasteiger partial charge in [0.05, 0.1) is 5.69 Å². The van der Waals surface area contributed by atoms with Crippen molar-refractivity contribution in [3.05, 3.63) is 65.7 Å². The highest BCUT2D eigenvalue weighted by molar-refractivity contribution is 6.03. The molecule has 1 saturated heterocycles. The molecule has 142 valence electrons. The Morgan fingerprint density at radius 1 is 0.963 bits per heavy atom. The Hall–Kier alpha value is -2.80. The molecule has 2 amide bonds. The molecular weight excluding hydrogens is 352 g/mol. The van der Waals surface area contributed by atoms with Gasteiger partial charge in [-0.25, -0.2) is 8.78 Å². The minimum absolute atomic E-state index is 0.137. The largest absolute Gasteiger partial charge is 0.340 e. The standard InChI is InChI=1S/C20H21F2N3O2/c21-16-6-7-18(17(22)12-16)23-19(26)13-20(27)25-10-8-24(9-11-25)14-15-4-2-1-3-5-15/h1-7,12H,8-11,13-14H2,(H,23,26). The molecule has 0 aromatic heterocycles. The number of benzene rings is 2. The van der Waals surface area contributed by atoms with E-state index in [4.69, 9.17) is 0 Å². The van der Waals surface area contributed by atoms with Crippen molar-refractivity contribution >= 4 is 17.5 Å². The molecule has 0 saturated carbocycles. The van der Waals surface area contributed by atoms with Crippen molar-refractivity contribution in [3.63, 3.8) is 0 Å². The fourth-order valence-electron chi connectivity index (χ4n) is 3.03. The van der Waals surface area contributed by atoms with Crippen LogP contribution in [0.15, 0.2) is 48.5 Å². The maximum atomic E-state index is 13.6. The van der Waals surface area contributed by atoms with Gasteiger partial charge < -0.3 is 10.2 Å². The number of rotatable bonds is 5. The lowest BCUT2D eigenvalue weighted by molar-refractivity contribution is -0.136. The van der Waals surface area contributed by atoms with Crippen molar-refractivity contribution in [2.24, 2.45) is 0 Å². The van der Waals surface area contributed by atoms with Gasteiger partial charge in [-0.1, -0.05) is 30.3 Å². The van der Waals surface area contributed by atoms with Gasteiger partial charge in [0.1, 0.15) is 18.1 Å². The third kappa shape index (κ3) is 5.34. The summed E-state index contributed by atoms with van der Waals surface area (Å²) >= 11 is 0. The van der Waals surface area contributed by atoms with Gasteiger partial charge in [-0.3, -0.25) is 14.5 Å². The van der Waals surface area contributed by atoms with E-state index in [1.165, 1.54) is 5.56 Å². The first kappa shape index (κ1) is 19.0. The summed E-state index contributed by atoms with van der Waals surface area (Å²) in [5, 5.41) is 2.31. The fourth-order valence-corrected chi connectivity index (χ4v) is 3.03. The molecule has 1 fully saturated rings. The SMILES string of the molecule is O=C(CC(=O)N1CCN(Cc2ccccc2)CC1)Nc1ccc(F)cc1F. The quantitative estimate of drug-likeness (QED) is 0.820. The Labute approximate surface area is 156 Å². The van der Waals surface area contributed by atoms with Crippen molar-refractivity contribution in [1.29, 1.82) is 0 Å². The number of nitrogens with one attached hydrogen (secondary N) is 1. The fraction of sp³-hybridized carbons (Fsp3) is 0.300. The molecule has 0 unspecified atom stereocenters. The lowest BCUT2D eigenvalue weighted by Gasteiger charge is -2.34. The summed E-state index contributed by atoms with van der Waals surface area (Å²) in [6, 6.07) is 13.0. The number of piperazine rings is 1. The summed E-state index contributed by atoms with van der Waals surface area (Å²) in [5.41, 5.74) is 1.08. The predicted molar refractivity (Wildman–Crippen MR) is 97.9 cm³/mol. The highest BCUT2D eigenvalue weighted by Gasteiger charge is 2.23. The van der Waals surface area contributed by atoms with E-state index in [0.717, 1.165) is 31.8 Å². The van der Waals surface area contributed by atoms with E-state index in [1.807, 2.05) is 18.2 Å². The Balaban J connectivity index is 1.45. The number of carbonyl (C=O) groups is 2. The summed E-state index contributed by atoms with van der Waals surface area (Å²) in [7, 11) is 0. The summed E-state index contributed by atoms with van der Waals surface area (Å²) in [4.78, 5) is 28.2. The molecule has 0 spiro atoms. The number of amides is 2. The second-order valence-corrected chi connectivity index (χ2v) is 6.49. The normalized spacial score (nSPS) is 14.8. The number of hydrogen-bond donors (Lipinski definition) is 1. The molecule has 0 bridgehead atoms. The summed E-state index contributed by atoms with van der Waals surface area (Å²) in [6.45, 7) is 3.38. The molecule has 5 nitrogen and oxygen atoms in total. The maximum absolute atomic E-state index is 13.6. The first-order valence-electron chi connectivity index (χ1n) is 8.80. The van der Waals surface area contributed by atoms with Crippen LogP contribution in [0.25, 0.3) is 0 Å². The molecule has 1 aliphatic heterocycles. The monoisotopic (exact) mass is 373 g/mol. The molecule has 1 aliphatic rings. The van der Waals surface area contributed by atoms with Crippen LogP contribution in [0.1, 0.15) is 12.0 Å². The molecule has 1 heterocycles. The maximum Gasteiger partial charge on any atom is 0.233 e. The van der Waals surface area contributed by atoms with Crippen molar-refractivity contribution < 1.29 is 18.4 Å². The first-order chi connectivity index (χ1) is 13.0. The van der Waals surface area contributed by atoms with Gasteiger partial charge in [-0.15, -0.1) is 0 Å². The molecule has 2 aromatic rings. The van der Waals surface area contributed by atoms with Crippen LogP contribution in [0.5, 0.6) is 0 Å². The lowest BCUT2D eigenvalue weighted by atomic mass is 10.2. The zero-order valence-electron chi connectivity index (χ0n) is 14.8. The van der Waals surface area contributed by atoms with Crippen LogP contribution in [0.4, 0.5) is 14.5 Å². The van der Waals surface area contributed by atoms with Crippen LogP contribution in [-0.2, 0) is 16.1 Å².